The maximum Gasteiger partial charge on any atom is 0.252 e. The Kier molecular flexibility index (Phi) is 4.42. The standard InChI is InChI=1S/C15H22N4O3/c1-22-12-5-2-3-8-17(15(12)21)11-14(20)18-9-4-10-19-13(18)6-7-16-19/h6-7,12H,2-5,8-11H2,1H3. The second kappa shape index (κ2) is 6.48. The van der Waals surface area contributed by atoms with Gasteiger partial charge in [-0.2, -0.15) is 5.10 Å². The summed E-state index contributed by atoms with van der Waals surface area (Å²) in [6, 6.07) is 1.85. The van der Waals surface area contributed by atoms with Gasteiger partial charge >= 0.3 is 0 Å². The molecule has 0 saturated carbocycles. The van der Waals surface area contributed by atoms with Gasteiger partial charge in [0.05, 0.1) is 6.20 Å². The maximum atomic E-state index is 12.6. The summed E-state index contributed by atoms with van der Waals surface area (Å²) in [5, 5.41) is 4.21. The van der Waals surface area contributed by atoms with Gasteiger partial charge in [-0.3, -0.25) is 14.5 Å². The van der Waals surface area contributed by atoms with Gasteiger partial charge in [-0.25, -0.2) is 4.68 Å². The van der Waals surface area contributed by atoms with Crippen molar-refractivity contribution in [2.24, 2.45) is 0 Å². The molecular formula is C15H22N4O3. The Morgan fingerprint density at radius 2 is 2.18 bits per heavy atom. The van der Waals surface area contributed by atoms with Crippen LogP contribution < -0.4 is 4.90 Å². The molecule has 1 aromatic heterocycles. The Labute approximate surface area is 129 Å². The summed E-state index contributed by atoms with van der Waals surface area (Å²) >= 11 is 0. The first kappa shape index (κ1) is 15.0. The third-order valence-corrected chi connectivity index (χ3v) is 4.37. The minimum Gasteiger partial charge on any atom is -0.372 e. The topological polar surface area (TPSA) is 67.7 Å². The molecule has 2 amide bonds. The fourth-order valence-electron chi connectivity index (χ4n) is 3.17. The van der Waals surface area contributed by atoms with E-state index in [1.165, 1.54) is 0 Å². The highest BCUT2D eigenvalue weighted by Gasteiger charge is 2.30. The van der Waals surface area contributed by atoms with Crippen LogP contribution in [-0.4, -0.2) is 59.3 Å². The maximum absolute atomic E-state index is 12.6. The minimum absolute atomic E-state index is 0.0495. The van der Waals surface area contributed by atoms with Crippen molar-refractivity contribution in [1.82, 2.24) is 14.7 Å². The molecule has 0 aromatic carbocycles. The molecular weight excluding hydrogens is 284 g/mol. The van der Waals surface area contributed by atoms with E-state index < -0.39 is 6.10 Å². The Morgan fingerprint density at radius 3 is 3.00 bits per heavy atom. The number of rotatable bonds is 3. The van der Waals surface area contributed by atoms with Gasteiger partial charge in [0.25, 0.3) is 5.91 Å². The molecule has 3 rings (SSSR count). The number of likely N-dealkylation sites (tertiary alicyclic amines) is 1. The van der Waals surface area contributed by atoms with Crippen LogP contribution in [0, 0.1) is 0 Å². The van der Waals surface area contributed by atoms with Gasteiger partial charge in [0.1, 0.15) is 18.5 Å². The lowest BCUT2D eigenvalue weighted by atomic mass is 10.2. The van der Waals surface area contributed by atoms with Crippen molar-refractivity contribution in [1.29, 1.82) is 0 Å². The number of aryl methyl sites for hydroxylation is 1. The average Bonchev–Trinajstić information content (AvgIpc) is 2.94. The highest BCUT2D eigenvalue weighted by atomic mass is 16.5. The number of methoxy groups -OCH3 is 1. The number of ether oxygens (including phenoxy) is 1. The number of aromatic nitrogens is 2. The van der Waals surface area contributed by atoms with E-state index in [9.17, 15) is 9.59 Å². The molecule has 1 atom stereocenters. The van der Waals surface area contributed by atoms with E-state index in [2.05, 4.69) is 5.10 Å². The molecule has 1 fully saturated rings. The summed E-state index contributed by atoms with van der Waals surface area (Å²) < 4.78 is 7.09. The van der Waals surface area contributed by atoms with Gasteiger partial charge in [-0.15, -0.1) is 0 Å². The molecule has 3 heterocycles. The van der Waals surface area contributed by atoms with E-state index in [0.717, 1.165) is 38.0 Å². The van der Waals surface area contributed by atoms with Crippen LogP contribution in [0.15, 0.2) is 12.3 Å². The molecule has 7 heteroatoms. The van der Waals surface area contributed by atoms with Crippen molar-refractivity contribution in [2.45, 2.75) is 38.3 Å². The average molecular weight is 306 g/mol. The van der Waals surface area contributed by atoms with Crippen molar-refractivity contribution in [3.63, 3.8) is 0 Å². The third-order valence-electron chi connectivity index (χ3n) is 4.37. The van der Waals surface area contributed by atoms with E-state index in [4.69, 9.17) is 4.74 Å². The second-order valence-electron chi connectivity index (χ2n) is 5.79. The van der Waals surface area contributed by atoms with Crippen LogP contribution in [-0.2, 0) is 20.9 Å². The first-order valence-electron chi connectivity index (χ1n) is 7.84. The molecule has 0 bridgehead atoms. The molecule has 2 aliphatic rings. The monoisotopic (exact) mass is 306 g/mol. The number of fused-ring (bicyclic) bond motifs is 1. The highest BCUT2D eigenvalue weighted by Crippen LogP contribution is 2.21. The molecule has 1 aromatic rings. The molecule has 0 N–H and O–H groups in total. The second-order valence-corrected chi connectivity index (χ2v) is 5.79. The lowest BCUT2D eigenvalue weighted by Gasteiger charge is -2.30. The molecule has 1 unspecified atom stereocenters. The van der Waals surface area contributed by atoms with Crippen molar-refractivity contribution < 1.29 is 14.3 Å². The lowest BCUT2D eigenvalue weighted by molar-refractivity contribution is -0.143. The van der Waals surface area contributed by atoms with Crippen LogP contribution in [0.1, 0.15) is 25.7 Å². The van der Waals surface area contributed by atoms with Crippen LogP contribution in [0.4, 0.5) is 5.82 Å². The number of hydrogen-bond donors (Lipinski definition) is 0. The number of hydrogen-bond acceptors (Lipinski definition) is 4. The molecule has 2 aliphatic heterocycles. The van der Waals surface area contributed by atoms with Gasteiger partial charge in [0.15, 0.2) is 0 Å². The zero-order valence-electron chi connectivity index (χ0n) is 12.9. The molecule has 0 radical (unpaired) electrons. The smallest absolute Gasteiger partial charge is 0.252 e. The van der Waals surface area contributed by atoms with E-state index >= 15 is 0 Å². The SMILES string of the molecule is COC1CCCCN(CC(=O)N2CCCn3nccc32)C1=O. The summed E-state index contributed by atoms with van der Waals surface area (Å²) in [4.78, 5) is 28.4. The Morgan fingerprint density at radius 1 is 1.32 bits per heavy atom. The molecule has 22 heavy (non-hydrogen) atoms. The molecule has 7 nitrogen and oxygen atoms in total. The molecule has 120 valence electrons. The van der Waals surface area contributed by atoms with Crippen molar-refractivity contribution in [2.75, 3.05) is 31.6 Å². The predicted octanol–water partition coefficient (Wildman–Crippen LogP) is 0.647. The summed E-state index contributed by atoms with van der Waals surface area (Å²) in [5.41, 5.74) is 0. The normalized spacial score (nSPS) is 22.4. The van der Waals surface area contributed by atoms with Crippen LogP contribution in [0.2, 0.25) is 0 Å². The van der Waals surface area contributed by atoms with Gasteiger partial charge in [0.2, 0.25) is 5.91 Å². The van der Waals surface area contributed by atoms with Gasteiger partial charge in [-0.1, -0.05) is 0 Å². The molecule has 0 spiro atoms. The van der Waals surface area contributed by atoms with E-state index in [-0.39, 0.29) is 18.4 Å². The Balaban J connectivity index is 1.70. The predicted molar refractivity (Wildman–Crippen MR) is 80.4 cm³/mol. The first-order valence-corrected chi connectivity index (χ1v) is 7.84. The molecule has 1 saturated heterocycles. The van der Waals surface area contributed by atoms with Crippen molar-refractivity contribution >= 4 is 17.6 Å². The molecule has 0 aliphatic carbocycles. The zero-order chi connectivity index (χ0) is 15.5. The zero-order valence-corrected chi connectivity index (χ0v) is 12.9. The lowest BCUT2D eigenvalue weighted by Crippen LogP contribution is -2.47. The number of anilines is 1. The van der Waals surface area contributed by atoms with Gasteiger partial charge in [-0.05, 0) is 25.7 Å². The highest BCUT2D eigenvalue weighted by molar-refractivity contribution is 5.96. The third kappa shape index (κ3) is 2.85. The fraction of sp³-hybridized carbons (Fsp3) is 0.667. The largest absolute Gasteiger partial charge is 0.372 e. The van der Waals surface area contributed by atoms with Crippen molar-refractivity contribution in [3.8, 4) is 0 Å². The summed E-state index contributed by atoms with van der Waals surface area (Å²) in [5.74, 6) is 0.701. The van der Waals surface area contributed by atoms with Crippen LogP contribution in [0.3, 0.4) is 0 Å². The number of carbonyl (C=O) groups excluding carboxylic acids is 2. The van der Waals surface area contributed by atoms with E-state index in [0.29, 0.717) is 13.1 Å². The fourth-order valence-corrected chi connectivity index (χ4v) is 3.17. The van der Waals surface area contributed by atoms with Gasteiger partial charge in [0, 0.05) is 32.8 Å². The van der Waals surface area contributed by atoms with Crippen LogP contribution in [0.5, 0.6) is 0 Å². The summed E-state index contributed by atoms with van der Waals surface area (Å²) in [7, 11) is 1.55. The van der Waals surface area contributed by atoms with Gasteiger partial charge < -0.3 is 9.64 Å². The minimum atomic E-state index is -0.415. The number of nitrogens with zero attached hydrogens (tertiary/aromatic N) is 4. The van der Waals surface area contributed by atoms with Crippen molar-refractivity contribution in [3.05, 3.63) is 12.3 Å². The quantitative estimate of drug-likeness (QED) is 0.822. The summed E-state index contributed by atoms with van der Waals surface area (Å²) in [6.45, 7) is 2.25. The first-order chi connectivity index (χ1) is 10.7. The van der Waals surface area contributed by atoms with Crippen LogP contribution >= 0.6 is 0 Å². The summed E-state index contributed by atoms with van der Waals surface area (Å²) in [6.07, 6.45) is 4.77. The van der Waals surface area contributed by atoms with E-state index in [1.807, 2.05) is 10.7 Å². The number of amides is 2. The Hall–Kier alpha value is -1.89. The van der Waals surface area contributed by atoms with Crippen LogP contribution in [0.25, 0.3) is 0 Å². The Bertz CT molecular complexity index is 557. The van der Waals surface area contributed by atoms with E-state index in [1.54, 1.807) is 23.1 Å². The number of carbonyl (C=O) groups is 2.